The van der Waals surface area contributed by atoms with E-state index in [0.717, 1.165) is 26.1 Å². The van der Waals surface area contributed by atoms with Crippen molar-refractivity contribution in [3.8, 4) is 0 Å². The van der Waals surface area contributed by atoms with E-state index in [2.05, 4.69) is 5.32 Å². The molecular weight excluding hydrogens is 142 g/mol. The van der Waals surface area contributed by atoms with Crippen molar-refractivity contribution in [1.82, 2.24) is 5.32 Å². The van der Waals surface area contributed by atoms with Crippen LogP contribution in [0.4, 0.5) is 0 Å². The summed E-state index contributed by atoms with van der Waals surface area (Å²) >= 11 is 0. The standard InChI is InChI=1S/C8H17NO2/c1-2-11-6-7-5-9-4-3-8(7)10/h7-10H,2-6H2,1H3. The Morgan fingerprint density at radius 2 is 2.45 bits per heavy atom. The third-order valence-electron chi connectivity index (χ3n) is 2.10. The molecule has 2 N–H and O–H groups in total. The minimum atomic E-state index is -0.164. The van der Waals surface area contributed by atoms with Gasteiger partial charge in [0.25, 0.3) is 0 Å². The fourth-order valence-electron chi connectivity index (χ4n) is 1.35. The van der Waals surface area contributed by atoms with Crippen molar-refractivity contribution in [3.05, 3.63) is 0 Å². The van der Waals surface area contributed by atoms with Gasteiger partial charge in [0, 0.05) is 19.1 Å². The number of aliphatic hydroxyl groups is 1. The molecular formula is C8H17NO2. The van der Waals surface area contributed by atoms with Crippen LogP contribution in [0, 0.1) is 5.92 Å². The Balaban J connectivity index is 2.18. The fourth-order valence-corrected chi connectivity index (χ4v) is 1.35. The Morgan fingerprint density at radius 3 is 3.09 bits per heavy atom. The smallest absolute Gasteiger partial charge is 0.0614 e. The lowest BCUT2D eigenvalue weighted by molar-refractivity contribution is 0.0160. The van der Waals surface area contributed by atoms with Gasteiger partial charge in [-0.05, 0) is 19.9 Å². The Bertz CT molecular complexity index is 108. The Labute approximate surface area is 67.7 Å². The molecule has 11 heavy (non-hydrogen) atoms. The lowest BCUT2D eigenvalue weighted by atomic mass is 9.97. The second kappa shape index (κ2) is 4.70. The monoisotopic (exact) mass is 159 g/mol. The van der Waals surface area contributed by atoms with Crippen molar-refractivity contribution in [3.63, 3.8) is 0 Å². The van der Waals surface area contributed by atoms with E-state index in [4.69, 9.17) is 4.74 Å². The maximum atomic E-state index is 9.48. The summed E-state index contributed by atoms with van der Waals surface area (Å²) in [5.41, 5.74) is 0. The Morgan fingerprint density at radius 1 is 1.64 bits per heavy atom. The van der Waals surface area contributed by atoms with Crippen LogP contribution in [0.25, 0.3) is 0 Å². The predicted octanol–water partition coefficient (Wildman–Crippen LogP) is -0.00670. The van der Waals surface area contributed by atoms with E-state index >= 15 is 0 Å². The van der Waals surface area contributed by atoms with Crippen LogP contribution in [0.15, 0.2) is 0 Å². The molecule has 0 saturated carbocycles. The molecule has 0 aromatic rings. The van der Waals surface area contributed by atoms with Gasteiger partial charge in [-0.25, -0.2) is 0 Å². The molecule has 1 aliphatic heterocycles. The maximum absolute atomic E-state index is 9.48. The van der Waals surface area contributed by atoms with E-state index in [-0.39, 0.29) is 6.10 Å². The lowest BCUT2D eigenvalue weighted by Crippen LogP contribution is -2.42. The van der Waals surface area contributed by atoms with Crippen molar-refractivity contribution in [1.29, 1.82) is 0 Å². The molecule has 2 atom stereocenters. The van der Waals surface area contributed by atoms with E-state index in [1.807, 2.05) is 6.92 Å². The Hall–Kier alpha value is -0.120. The summed E-state index contributed by atoms with van der Waals surface area (Å²) in [5.74, 6) is 0.295. The number of hydrogen-bond acceptors (Lipinski definition) is 3. The van der Waals surface area contributed by atoms with E-state index in [1.165, 1.54) is 0 Å². The van der Waals surface area contributed by atoms with Crippen LogP contribution in [0.3, 0.4) is 0 Å². The zero-order valence-corrected chi connectivity index (χ0v) is 7.05. The molecule has 1 fully saturated rings. The lowest BCUT2D eigenvalue weighted by Gasteiger charge is -2.27. The summed E-state index contributed by atoms with van der Waals surface area (Å²) in [4.78, 5) is 0. The van der Waals surface area contributed by atoms with Gasteiger partial charge < -0.3 is 15.2 Å². The number of rotatable bonds is 3. The average Bonchev–Trinajstić information content (AvgIpc) is 2.03. The summed E-state index contributed by atoms with van der Waals surface area (Å²) in [6.45, 7) is 5.22. The molecule has 3 nitrogen and oxygen atoms in total. The van der Waals surface area contributed by atoms with Gasteiger partial charge in [-0.2, -0.15) is 0 Å². The van der Waals surface area contributed by atoms with Gasteiger partial charge in [0.05, 0.1) is 12.7 Å². The van der Waals surface area contributed by atoms with Crippen LogP contribution in [0.1, 0.15) is 13.3 Å². The molecule has 0 spiro atoms. The van der Waals surface area contributed by atoms with Gasteiger partial charge in [0.15, 0.2) is 0 Å². The number of ether oxygens (including phenoxy) is 1. The second-order valence-corrected chi connectivity index (χ2v) is 2.98. The molecule has 2 unspecified atom stereocenters. The van der Waals surface area contributed by atoms with Crippen molar-refractivity contribution < 1.29 is 9.84 Å². The molecule has 1 saturated heterocycles. The number of piperidine rings is 1. The molecule has 1 aliphatic rings. The highest BCUT2D eigenvalue weighted by atomic mass is 16.5. The van der Waals surface area contributed by atoms with Gasteiger partial charge in [-0.3, -0.25) is 0 Å². The van der Waals surface area contributed by atoms with Gasteiger partial charge in [-0.1, -0.05) is 0 Å². The van der Waals surface area contributed by atoms with Crippen LogP contribution in [0.5, 0.6) is 0 Å². The SMILES string of the molecule is CCOCC1CNCCC1O. The van der Waals surface area contributed by atoms with Crippen LogP contribution < -0.4 is 5.32 Å². The molecule has 3 heteroatoms. The highest BCUT2D eigenvalue weighted by molar-refractivity contribution is 4.76. The van der Waals surface area contributed by atoms with Gasteiger partial charge in [0.1, 0.15) is 0 Å². The number of aliphatic hydroxyl groups excluding tert-OH is 1. The first kappa shape index (κ1) is 8.97. The highest BCUT2D eigenvalue weighted by Gasteiger charge is 2.22. The molecule has 0 bridgehead atoms. The minimum absolute atomic E-state index is 0.164. The molecule has 0 radical (unpaired) electrons. The summed E-state index contributed by atoms with van der Waals surface area (Å²) in [6, 6.07) is 0. The summed E-state index contributed by atoms with van der Waals surface area (Å²) in [5, 5.41) is 12.7. The van der Waals surface area contributed by atoms with Crippen LogP contribution >= 0.6 is 0 Å². The zero-order chi connectivity index (χ0) is 8.10. The van der Waals surface area contributed by atoms with Crippen LogP contribution in [-0.4, -0.2) is 37.5 Å². The maximum Gasteiger partial charge on any atom is 0.0614 e. The molecule has 0 aromatic carbocycles. The topological polar surface area (TPSA) is 41.5 Å². The number of hydrogen-bond donors (Lipinski definition) is 2. The summed E-state index contributed by atoms with van der Waals surface area (Å²) in [6.07, 6.45) is 0.695. The molecule has 0 aliphatic carbocycles. The largest absolute Gasteiger partial charge is 0.393 e. The van der Waals surface area contributed by atoms with Gasteiger partial charge in [-0.15, -0.1) is 0 Å². The summed E-state index contributed by atoms with van der Waals surface area (Å²) in [7, 11) is 0. The van der Waals surface area contributed by atoms with E-state index in [1.54, 1.807) is 0 Å². The first-order valence-electron chi connectivity index (χ1n) is 4.31. The van der Waals surface area contributed by atoms with E-state index < -0.39 is 0 Å². The molecule has 1 rings (SSSR count). The minimum Gasteiger partial charge on any atom is -0.393 e. The first-order valence-corrected chi connectivity index (χ1v) is 4.31. The van der Waals surface area contributed by atoms with Crippen molar-refractivity contribution in [2.45, 2.75) is 19.4 Å². The van der Waals surface area contributed by atoms with Crippen LogP contribution in [-0.2, 0) is 4.74 Å². The predicted molar refractivity (Wildman–Crippen MR) is 43.5 cm³/mol. The molecule has 0 amide bonds. The second-order valence-electron chi connectivity index (χ2n) is 2.98. The van der Waals surface area contributed by atoms with E-state index in [0.29, 0.717) is 12.5 Å². The van der Waals surface area contributed by atoms with E-state index in [9.17, 15) is 5.11 Å². The number of nitrogens with one attached hydrogen (secondary N) is 1. The van der Waals surface area contributed by atoms with Gasteiger partial charge in [0.2, 0.25) is 0 Å². The third-order valence-corrected chi connectivity index (χ3v) is 2.10. The van der Waals surface area contributed by atoms with Crippen LogP contribution in [0.2, 0.25) is 0 Å². The summed E-state index contributed by atoms with van der Waals surface area (Å²) < 4.78 is 5.24. The molecule has 1 heterocycles. The molecule has 66 valence electrons. The van der Waals surface area contributed by atoms with Crippen molar-refractivity contribution in [2.24, 2.45) is 5.92 Å². The van der Waals surface area contributed by atoms with Crippen molar-refractivity contribution in [2.75, 3.05) is 26.3 Å². The normalized spacial score (nSPS) is 32.2. The van der Waals surface area contributed by atoms with Crippen molar-refractivity contribution >= 4 is 0 Å². The fraction of sp³-hybridized carbons (Fsp3) is 1.00. The quantitative estimate of drug-likeness (QED) is 0.608. The highest BCUT2D eigenvalue weighted by Crippen LogP contribution is 2.10. The average molecular weight is 159 g/mol. The third kappa shape index (κ3) is 2.77. The van der Waals surface area contributed by atoms with Gasteiger partial charge >= 0.3 is 0 Å². The first-order chi connectivity index (χ1) is 5.34. The Kier molecular flexibility index (Phi) is 3.83. The zero-order valence-electron chi connectivity index (χ0n) is 7.05. The molecule has 0 aromatic heterocycles.